The van der Waals surface area contributed by atoms with Crippen molar-refractivity contribution in [3.05, 3.63) is 12.7 Å². The van der Waals surface area contributed by atoms with Crippen LogP contribution in [0.1, 0.15) is 0 Å². The van der Waals surface area contributed by atoms with E-state index in [9.17, 15) is 4.79 Å². The van der Waals surface area contributed by atoms with Gasteiger partial charge in [-0.2, -0.15) is 10.5 Å². The number of carboxylic acids is 1. The second-order valence-electron chi connectivity index (χ2n) is 0.891. The van der Waals surface area contributed by atoms with Gasteiger partial charge in [-0.3, -0.25) is 0 Å². The van der Waals surface area contributed by atoms with E-state index in [2.05, 4.69) is 6.58 Å². The number of hydrogen-bond donors (Lipinski definition) is 2. The second-order valence-corrected chi connectivity index (χ2v) is 0.891. The third kappa shape index (κ3) is 37.7. The van der Waals surface area contributed by atoms with Crippen molar-refractivity contribution in [2.24, 2.45) is 0 Å². The predicted octanol–water partition coefficient (Wildman–Crippen LogP) is -0.205. The lowest BCUT2D eigenvalue weighted by Gasteiger charge is -1.64. The Hall–Kier alpha value is -2.01. The van der Waals surface area contributed by atoms with E-state index in [0.29, 0.717) is 0 Å². The fraction of sp³-hybridized carbons (Fsp3) is 0. The van der Waals surface area contributed by atoms with Crippen LogP contribution < -0.4 is 5.32 Å². The molecule has 0 rings (SSSR count). The fourth-order valence-electron chi connectivity index (χ4n) is 0.0250. The van der Waals surface area contributed by atoms with Crippen molar-refractivity contribution in [2.45, 2.75) is 0 Å². The van der Waals surface area contributed by atoms with Gasteiger partial charge < -0.3 is 5.11 Å². The number of rotatable bonds is 1. The highest BCUT2D eigenvalue weighted by Crippen LogP contribution is 1.54. The number of carboxylic acid groups (broad SMARTS) is 1. The molecule has 52 valence electrons. The number of nitriles is 2. The number of hydrogen-bond acceptors (Lipinski definition) is 4. The molecule has 0 aliphatic heterocycles. The first kappa shape index (κ1) is 10.9. The van der Waals surface area contributed by atoms with Gasteiger partial charge in [0.1, 0.15) is 0 Å². The molecule has 0 amide bonds. The molecule has 0 aromatic carbocycles. The molecule has 0 atom stereocenters. The van der Waals surface area contributed by atoms with Crippen molar-refractivity contribution in [3.8, 4) is 12.4 Å². The summed E-state index contributed by atoms with van der Waals surface area (Å²) in [4.78, 5) is 9.25. The van der Waals surface area contributed by atoms with E-state index >= 15 is 0 Å². The van der Waals surface area contributed by atoms with Gasteiger partial charge in [0.2, 0.25) is 0 Å². The molecule has 0 saturated carbocycles. The molecule has 5 heteroatoms. The van der Waals surface area contributed by atoms with E-state index in [0.717, 1.165) is 6.08 Å². The molecule has 0 aromatic rings. The Balaban J connectivity index is 0. The zero-order chi connectivity index (χ0) is 8.41. The summed E-state index contributed by atoms with van der Waals surface area (Å²) in [6.45, 7) is 2.96. The van der Waals surface area contributed by atoms with Crippen molar-refractivity contribution in [2.75, 3.05) is 0 Å². The minimum Gasteiger partial charge on any atom is -0.478 e. The van der Waals surface area contributed by atoms with Crippen LogP contribution in [0.4, 0.5) is 0 Å². The van der Waals surface area contributed by atoms with Crippen molar-refractivity contribution in [1.29, 1.82) is 10.5 Å². The smallest absolute Gasteiger partial charge is 0.327 e. The Morgan fingerprint density at radius 1 is 1.60 bits per heavy atom. The average molecular weight is 139 g/mol. The largest absolute Gasteiger partial charge is 0.478 e. The topological polar surface area (TPSA) is 96.9 Å². The highest BCUT2D eigenvalue weighted by Gasteiger charge is 1.73. The molecule has 0 heterocycles. The van der Waals surface area contributed by atoms with Crippen LogP contribution in [0.2, 0.25) is 0 Å². The lowest BCUT2D eigenvalue weighted by Crippen LogP contribution is -1.88. The molecule has 0 aliphatic carbocycles. The summed E-state index contributed by atoms with van der Waals surface area (Å²) >= 11 is 0. The average Bonchev–Trinajstić information content (AvgIpc) is 1.91. The Morgan fingerprint density at radius 3 is 1.90 bits per heavy atom. The van der Waals surface area contributed by atoms with Crippen molar-refractivity contribution in [1.82, 2.24) is 5.32 Å². The fourth-order valence-corrected chi connectivity index (χ4v) is 0.0250. The maximum Gasteiger partial charge on any atom is 0.327 e. The Morgan fingerprint density at radius 2 is 1.90 bits per heavy atom. The number of carbonyl (C=O) groups is 1. The molecule has 0 saturated heterocycles. The lowest BCUT2D eigenvalue weighted by atomic mass is 10.7. The van der Waals surface area contributed by atoms with Crippen LogP contribution in [0.5, 0.6) is 0 Å². The molecular formula is C5H5N3O2. The Labute approximate surface area is 57.8 Å². The highest BCUT2D eigenvalue weighted by atomic mass is 16.4. The Kier molecular flexibility index (Phi) is 11.0. The monoisotopic (exact) mass is 139 g/mol. The third-order valence-corrected chi connectivity index (χ3v) is 0.286. The minimum absolute atomic E-state index is 0.833. The molecule has 0 unspecified atom stereocenters. The van der Waals surface area contributed by atoms with Crippen molar-refractivity contribution < 1.29 is 9.90 Å². The molecule has 10 heavy (non-hydrogen) atoms. The van der Waals surface area contributed by atoms with Gasteiger partial charge in [-0.25, -0.2) is 10.1 Å². The second kappa shape index (κ2) is 10.1. The summed E-state index contributed by atoms with van der Waals surface area (Å²) < 4.78 is 0. The van der Waals surface area contributed by atoms with Gasteiger partial charge in [-0.05, 0) is 0 Å². The molecule has 2 N–H and O–H groups in total. The van der Waals surface area contributed by atoms with Gasteiger partial charge in [0, 0.05) is 6.08 Å². The van der Waals surface area contributed by atoms with Gasteiger partial charge in [0.25, 0.3) is 0 Å². The summed E-state index contributed by atoms with van der Waals surface area (Å²) in [6.07, 6.45) is 3.65. The summed E-state index contributed by atoms with van der Waals surface area (Å²) in [6, 6.07) is 0. The van der Waals surface area contributed by atoms with Gasteiger partial charge in [-0.1, -0.05) is 6.58 Å². The normalized spacial score (nSPS) is 5.00. The maximum atomic E-state index is 9.25. The molecule has 5 nitrogen and oxygen atoms in total. The van der Waals surface area contributed by atoms with Crippen molar-refractivity contribution >= 4 is 5.97 Å². The minimum atomic E-state index is -0.981. The molecule has 0 aromatic heterocycles. The first-order valence-electron chi connectivity index (χ1n) is 2.07. The summed E-state index contributed by atoms with van der Waals surface area (Å²) in [5.41, 5.74) is 0. The van der Waals surface area contributed by atoms with Crippen LogP contribution >= 0.6 is 0 Å². The van der Waals surface area contributed by atoms with Gasteiger partial charge in [0.05, 0.1) is 0 Å². The standard InChI is InChI=1S/C3H4O2.C2HN3/c1-2-3(4)5;3-1-5-2-4/h2H,1H2,(H,4,5);5H. The molecule has 0 radical (unpaired) electrons. The molecule has 0 spiro atoms. The van der Waals surface area contributed by atoms with Crippen LogP contribution in [0, 0.1) is 22.9 Å². The van der Waals surface area contributed by atoms with E-state index in [4.69, 9.17) is 15.6 Å². The zero-order valence-electron chi connectivity index (χ0n) is 5.03. The number of nitrogens with zero attached hydrogens (tertiary/aromatic N) is 2. The summed E-state index contributed by atoms with van der Waals surface area (Å²) in [5, 5.41) is 24.3. The molecule has 0 bridgehead atoms. The molecular weight excluding hydrogens is 134 g/mol. The molecule has 0 aliphatic rings. The van der Waals surface area contributed by atoms with E-state index in [1.165, 1.54) is 12.4 Å². The highest BCUT2D eigenvalue weighted by molar-refractivity contribution is 5.78. The first-order chi connectivity index (χ1) is 4.68. The first-order valence-corrected chi connectivity index (χ1v) is 2.07. The SMILES string of the molecule is C=CC(=O)O.N#CNC#N. The number of nitrogens with one attached hydrogen (secondary N) is 1. The van der Waals surface area contributed by atoms with E-state index in [-0.39, 0.29) is 0 Å². The maximum absolute atomic E-state index is 9.25. The quantitative estimate of drug-likeness (QED) is 0.297. The lowest BCUT2D eigenvalue weighted by molar-refractivity contribution is -0.131. The van der Waals surface area contributed by atoms with E-state index in [1.54, 1.807) is 5.32 Å². The van der Waals surface area contributed by atoms with Crippen LogP contribution in [0.15, 0.2) is 12.7 Å². The van der Waals surface area contributed by atoms with Gasteiger partial charge in [-0.15, -0.1) is 0 Å². The van der Waals surface area contributed by atoms with E-state index in [1.807, 2.05) is 0 Å². The molecule has 0 fully saturated rings. The van der Waals surface area contributed by atoms with Gasteiger partial charge in [0.15, 0.2) is 12.4 Å². The summed E-state index contributed by atoms with van der Waals surface area (Å²) in [7, 11) is 0. The predicted molar refractivity (Wildman–Crippen MR) is 32.2 cm³/mol. The van der Waals surface area contributed by atoms with Crippen LogP contribution in [-0.2, 0) is 4.79 Å². The number of aliphatic carboxylic acids is 1. The van der Waals surface area contributed by atoms with Crippen LogP contribution in [0.25, 0.3) is 0 Å². The van der Waals surface area contributed by atoms with Crippen molar-refractivity contribution in [3.63, 3.8) is 0 Å². The summed E-state index contributed by atoms with van der Waals surface area (Å²) in [5.74, 6) is -0.981. The van der Waals surface area contributed by atoms with Gasteiger partial charge >= 0.3 is 5.97 Å². The zero-order valence-corrected chi connectivity index (χ0v) is 5.03. The Bertz CT molecular complexity index is 174. The van der Waals surface area contributed by atoms with Crippen LogP contribution in [-0.4, -0.2) is 11.1 Å². The van der Waals surface area contributed by atoms with Crippen LogP contribution in [0.3, 0.4) is 0 Å². The third-order valence-electron chi connectivity index (χ3n) is 0.286. The van der Waals surface area contributed by atoms with E-state index < -0.39 is 5.97 Å².